The van der Waals surface area contributed by atoms with Crippen molar-refractivity contribution in [2.24, 2.45) is 5.73 Å². The first kappa shape index (κ1) is 19.7. The third kappa shape index (κ3) is 4.79. The van der Waals surface area contributed by atoms with Crippen molar-refractivity contribution in [1.29, 1.82) is 0 Å². The van der Waals surface area contributed by atoms with E-state index < -0.39 is 29.9 Å². The van der Waals surface area contributed by atoms with Crippen LogP contribution in [0.2, 0.25) is 0 Å². The third-order valence-electron chi connectivity index (χ3n) is 3.26. The number of amides is 2. The maximum atomic E-state index is 12.5. The van der Waals surface area contributed by atoms with Crippen LogP contribution in [0.1, 0.15) is 21.9 Å². The Labute approximate surface area is 159 Å². The van der Waals surface area contributed by atoms with E-state index in [1.165, 1.54) is 18.3 Å². The van der Waals surface area contributed by atoms with Crippen LogP contribution in [-0.2, 0) is 17.5 Å². The van der Waals surface area contributed by atoms with Gasteiger partial charge in [-0.1, -0.05) is 11.2 Å². The number of nitrogens with one attached hydrogen (secondary N) is 1. The fraction of sp³-hybridized carbons (Fsp3) is 0.133. The van der Waals surface area contributed by atoms with E-state index in [2.05, 4.69) is 34.9 Å². The highest BCUT2D eigenvalue weighted by Crippen LogP contribution is 2.28. The Bertz CT molecular complexity index is 1040. The Morgan fingerprint density at radius 3 is 2.62 bits per heavy atom. The molecular weight excluding hydrogens is 399 g/mol. The summed E-state index contributed by atoms with van der Waals surface area (Å²) in [6.45, 7) is -0.285. The lowest BCUT2D eigenvalue weighted by molar-refractivity contribution is -0.159. The van der Waals surface area contributed by atoms with Crippen LogP contribution in [0.5, 0.6) is 0 Å². The molecule has 2 amide bonds. The highest BCUT2D eigenvalue weighted by atomic mass is 19.4. The van der Waals surface area contributed by atoms with Gasteiger partial charge in [0.2, 0.25) is 5.82 Å². The molecule has 0 unspecified atom stereocenters. The number of pyridine rings is 1. The van der Waals surface area contributed by atoms with Gasteiger partial charge in [0.25, 0.3) is 5.91 Å². The summed E-state index contributed by atoms with van der Waals surface area (Å²) in [7, 11) is 0. The van der Waals surface area contributed by atoms with E-state index in [1.807, 2.05) is 0 Å². The minimum Gasteiger partial charge on any atom is -0.444 e. The van der Waals surface area contributed by atoms with Gasteiger partial charge in [0.05, 0.1) is 12.4 Å². The summed E-state index contributed by atoms with van der Waals surface area (Å²) >= 11 is 0. The number of anilines is 1. The maximum Gasteiger partial charge on any atom is 0.471 e. The van der Waals surface area contributed by atoms with Gasteiger partial charge in [0, 0.05) is 11.8 Å². The van der Waals surface area contributed by atoms with Gasteiger partial charge in [-0.15, -0.1) is 0 Å². The topological polar surface area (TPSA) is 159 Å². The fourth-order valence-electron chi connectivity index (χ4n) is 2.01. The lowest BCUT2D eigenvalue weighted by atomic mass is 10.2. The van der Waals surface area contributed by atoms with E-state index in [0.29, 0.717) is 5.56 Å². The number of primary amides is 1. The van der Waals surface area contributed by atoms with Crippen molar-refractivity contribution >= 4 is 17.8 Å². The fourth-order valence-corrected chi connectivity index (χ4v) is 2.01. The number of aromatic nitrogens is 5. The van der Waals surface area contributed by atoms with Gasteiger partial charge in [0.15, 0.2) is 5.82 Å². The summed E-state index contributed by atoms with van der Waals surface area (Å²) in [5.74, 6) is -2.78. The van der Waals surface area contributed by atoms with E-state index >= 15 is 0 Å². The van der Waals surface area contributed by atoms with Crippen LogP contribution in [0.15, 0.2) is 35.2 Å². The number of nitrogens with zero attached hydrogens (tertiary/aromatic N) is 5. The Morgan fingerprint density at radius 2 is 2.00 bits per heavy atom. The van der Waals surface area contributed by atoms with Crippen LogP contribution in [0.4, 0.5) is 23.8 Å². The molecule has 3 N–H and O–H groups in total. The Hall–Kier alpha value is -4.10. The number of halogens is 3. The molecule has 0 aromatic carbocycles. The smallest absolute Gasteiger partial charge is 0.444 e. The van der Waals surface area contributed by atoms with E-state index in [4.69, 9.17) is 10.5 Å². The van der Waals surface area contributed by atoms with E-state index in [0.717, 1.165) is 12.4 Å². The van der Waals surface area contributed by atoms with Gasteiger partial charge in [-0.05, 0) is 6.07 Å². The molecule has 0 fully saturated rings. The molecule has 0 saturated carbocycles. The lowest BCUT2D eigenvalue weighted by Gasteiger charge is -2.08. The molecule has 3 aromatic heterocycles. The number of alkyl halides is 3. The molecule has 29 heavy (non-hydrogen) atoms. The molecule has 3 heterocycles. The molecule has 0 atom stereocenters. The molecule has 3 rings (SSSR count). The first-order valence-electron chi connectivity index (χ1n) is 7.65. The van der Waals surface area contributed by atoms with E-state index in [-0.39, 0.29) is 23.8 Å². The molecular formula is C15H10F3N7O4. The number of nitrogens with two attached hydrogens (primary N) is 1. The predicted molar refractivity (Wildman–Crippen MR) is 86.9 cm³/mol. The Balaban J connectivity index is 1.61. The summed E-state index contributed by atoms with van der Waals surface area (Å²) < 4.78 is 46.4. The summed E-state index contributed by atoms with van der Waals surface area (Å²) in [5.41, 5.74) is 5.33. The number of carbonyl (C=O) groups excluding carboxylic acids is 2. The summed E-state index contributed by atoms with van der Waals surface area (Å²) in [4.78, 5) is 37.7. The Morgan fingerprint density at radius 1 is 1.21 bits per heavy atom. The summed E-state index contributed by atoms with van der Waals surface area (Å²) in [5, 5.41) is 5.42. The number of rotatable bonds is 5. The van der Waals surface area contributed by atoms with Crippen LogP contribution < -0.4 is 11.1 Å². The zero-order valence-corrected chi connectivity index (χ0v) is 14.2. The second-order valence-corrected chi connectivity index (χ2v) is 5.28. The minimum absolute atomic E-state index is 0.0391. The average Bonchev–Trinajstić information content (AvgIpc) is 3.18. The van der Waals surface area contributed by atoms with Gasteiger partial charge < -0.3 is 15.0 Å². The molecule has 14 heteroatoms. The van der Waals surface area contributed by atoms with Crippen molar-refractivity contribution < 1.29 is 32.0 Å². The highest BCUT2D eigenvalue weighted by Gasteiger charge is 2.38. The monoisotopic (exact) mass is 409 g/mol. The molecule has 0 saturated heterocycles. The highest BCUT2D eigenvalue weighted by molar-refractivity contribution is 5.92. The van der Waals surface area contributed by atoms with Gasteiger partial charge in [-0.2, -0.15) is 18.2 Å². The molecule has 0 bridgehead atoms. The molecule has 3 aromatic rings. The molecule has 0 spiro atoms. The van der Waals surface area contributed by atoms with Crippen LogP contribution >= 0.6 is 0 Å². The normalized spacial score (nSPS) is 11.1. The largest absolute Gasteiger partial charge is 0.471 e. The first-order valence-corrected chi connectivity index (χ1v) is 7.65. The first-order chi connectivity index (χ1) is 13.7. The number of hydrogen-bond acceptors (Lipinski definition) is 9. The van der Waals surface area contributed by atoms with Crippen molar-refractivity contribution in [3.63, 3.8) is 0 Å². The minimum atomic E-state index is -4.79. The third-order valence-corrected chi connectivity index (χ3v) is 3.26. The molecule has 0 radical (unpaired) electrons. The van der Waals surface area contributed by atoms with E-state index in [1.54, 1.807) is 0 Å². The lowest BCUT2D eigenvalue weighted by Crippen LogP contribution is -2.19. The van der Waals surface area contributed by atoms with Crippen LogP contribution in [0.25, 0.3) is 11.5 Å². The van der Waals surface area contributed by atoms with Crippen molar-refractivity contribution in [2.45, 2.75) is 12.8 Å². The van der Waals surface area contributed by atoms with Crippen molar-refractivity contribution in [3.05, 3.63) is 47.9 Å². The second kappa shape index (κ2) is 7.87. The molecule has 0 aliphatic heterocycles. The van der Waals surface area contributed by atoms with Crippen molar-refractivity contribution in [2.75, 3.05) is 5.32 Å². The van der Waals surface area contributed by atoms with Gasteiger partial charge in [0.1, 0.15) is 18.0 Å². The molecule has 150 valence electrons. The van der Waals surface area contributed by atoms with Crippen molar-refractivity contribution in [3.8, 4) is 11.5 Å². The average molecular weight is 409 g/mol. The second-order valence-electron chi connectivity index (χ2n) is 5.28. The van der Waals surface area contributed by atoms with Crippen LogP contribution in [-0.4, -0.2) is 37.1 Å². The zero-order chi connectivity index (χ0) is 21.0. The standard InChI is InChI=1S/C15H10F3N7O4/c16-15(17,18)13-24-12(25-29-13)8-4-22-9(5-21-8)23-14(27)28-6-7-2-1-3-20-10(7)11(19)26/h1-5H,6H2,(H2,19,26)(H,22,23,27). The van der Waals surface area contributed by atoms with Crippen LogP contribution in [0, 0.1) is 0 Å². The molecule has 0 aliphatic carbocycles. The maximum absolute atomic E-state index is 12.5. The van der Waals surface area contributed by atoms with E-state index in [9.17, 15) is 22.8 Å². The SMILES string of the molecule is NC(=O)c1ncccc1COC(=O)Nc1cnc(-c2noc(C(F)(F)F)n2)cn1. The summed E-state index contributed by atoms with van der Waals surface area (Å²) in [6.07, 6.45) is -2.26. The Kier molecular flexibility index (Phi) is 5.34. The summed E-state index contributed by atoms with van der Waals surface area (Å²) in [6, 6.07) is 3.05. The molecule has 11 nitrogen and oxygen atoms in total. The van der Waals surface area contributed by atoms with Crippen LogP contribution in [0.3, 0.4) is 0 Å². The number of carbonyl (C=O) groups is 2. The van der Waals surface area contributed by atoms with Gasteiger partial charge >= 0.3 is 18.2 Å². The van der Waals surface area contributed by atoms with Crippen molar-refractivity contribution in [1.82, 2.24) is 25.1 Å². The molecule has 0 aliphatic rings. The number of ether oxygens (including phenoxy) is 1. The van der Waals surface area contributed by atoms with Gasteiger partial charge in [-0.3, -0.25) is 15.1 Å². The van der Waals surface area contributed by atoms with Gasteiger partial charge in [-0.25, -0.2) is 14.8 Å². The quantitative estimate of drug-likeness (QED) is 0.640. The zero-order valence-electron chi connectivity index (χ0n) is 14.2. The predicted octanol–water partition coefficient (Wildman–Crippen LogP) is 1.79. The number of hydrogen-bond donors (Lipinski definition) is 2.